The third kappa shape index (κ3) is 4.96. The highest BCUT2D eigenvalue weighted by Crippen LogP contribution is 2.16. The van der Waals surface area contributed by atoms with E-state index in [0.717, 1.165) is 19.3 Å². The van der Waals surface area contributed by atoms with Crippen molar-refractivity contribution in [1.82, 2.24) is 0 Å². The summed E-state index contributed by atoms with van der Waals surface area (Å²) < 4.78 is 4.59. The van der Waals surface area contributed by atoms with Gasteiger partial charge in [-0.3, -0.25) is 9.59 Å². The number of unbranched alkanes of at least 4 members (excludes halogenated alkanes) is 2. The molecule has 0 heterocycles. The number of carbonyl (C=O) groups is 2. The lowest BCUT2D eigenvalue weighted by atomic mass is 9.93. The van der Waals surface area contributed by atoms with Crippen molar-refractivity contribution in [2.75, 3.05) is 7.11 Å². The molecule has 2 unspecified atom stereocenters. The topological polar surface area (TPSA) is 63.6 Å². The van der Waals surface area contributed by atoms with Crippen molar-refractivity contribution in [2.45, 2.75) is 33.1 Å². The van der Waals surface area contributed by atoms with E-state index in [1.54, 1.807) is 6.08 Å². The molecule has 0 saturated carbocycles. The molecule has 0 aliphatic carbocycles. The van der Waals surface area contributed by atoms with Crippen LogP contribution in [0.25, 0.3) is 0 Å². The fourth-order valence-corrected chi connectivity index (χ4v) is 1.30. The van der Waals surface area contributed by atoms with Gasteiger partial charge in [0.2, 0.25) is 0 Å². The average molecular weight is 228 g/mol. The molecule has 0 aromatic carbocycles. The van der Waals surface area contributed by atoms with Gasteiger partial charge in [0.25, 0.3) is 0 Å². The summed E-state index contributed by atoms with van der Waals surface area (Å²) in [5.41, 5.74) is 0. The van der Waals surface area contributed by atoms with Crippen LogP contribution in [0.15, 0.2) is 12.2 Å². The van der Waals surface area contributed by atoms with Gasteiger partial charge in [-0.25, -0.2) is 0 Å². The van der Waals surface area contributed by atoms with Gasteiger partial charge in [-0.15, -0.1) is 0 Å². The Hall–Kier alpha value is -1.32. The third-order valence-electron chi connectivity index (χ3n) is 2.47. The zero-order valence-corrected chi connectivity index (χ0v) is 10.1. The quantitative estimate of drug-likeness (QED) is 0.412. The van der Waals surface area contributed by atoms with Crippen molar-refractivity contribution >= 4 is 11.9 Å². The Bertz CT molecular complexity index is 258. The average Bonchev–Trinajstić information content (AvgIpc) is 2.27. The number of hydrogen-bond acceptors (Lipinski definition) is 3. The van der Waals surface area contributed by atoms with E-state index in [2.05, 4.69) is 11.7 Å². The van der Waals surface area contributed by atoms with Gasteiger partial charge in [0.05, 0.1) is 18.9 Å². The first-order valence-corrected chi connectivity index (χ1v) is 5.51. The molecule has 0 aliphatic heterocycles. The first-order valence-electron chi connectivity index (χ1n) is 5.51. The van der Waals surface area contributed by atoms with Gasteiger partial charge in [0.1, 0.15) is 0 Å². The number of carboxylic acid groups (broad SMARTS) is 1. The summed E-state index contributed by atoms with van der Waals surface area (Å²) in [6.45, 7) is 3.58. The van der Waals surface area contributed by atoms with Crippen LogP contribution in [0.1, 0.15) is 33.1 Å². The van der Waals surface area contributed by atoms with Gasteiger partial charge in [-0.1, -0.05) is 38.8 Å². The monoisotopic (exact) mass is 228 g/mol. The molecule has 0 aromatic heterocycles. The summed E-state index contributed by atoms with van der Waals surface area (Å²) in [5, 5.41) is 8.86. The number of ether oxygens (including phenoxy) is 1. The van der Waals surface area contributed by atoms with E-state index in [4.69, 9.17) is 5.11 Å². The van der Waals surface area contributed by atoms with Crippen LogP contribution in [0.4, 0.5) is 0 Å². The largest absolute Gasteiger partial charge is 0.481 e. The highest BCUT2D eigenvalue weighted by molar-refractivity contribution is 5.82. The van der Waals surface area contributed by atoms with Crippen LogP contribution < -0.4 is 0 Å². The molecule has 2 atom stereocenters. The Morgan fingerprint density at radius 3 is 2.50 bits per heavy atom. The molecule has 1 N–H and O–H groups in total. The minimum absolute atomic E-state index is 0.498. The number of rotatable bonds is 7. The second-order valence-electron chi connectivity index (χ2n) is 3.75. The molecular weight excluding hydrogens is 208 g/mol. The smallest absolute Gasteiger partial charge is 0.313 e. The van der Waals surface area contributed by atoms with E-state index in [1.165, 1.54) is 14.0 Å². The SMILES string of the molecule is CCCCC=CC(C(=O)OC)C(C)C(=O)O. The Morgan fingerprint density at radius 2 is 2.06 bits per heavy atom. The molecule has 0 fully saturated rings. The van der Waals surface area contributed by atoms with Gasteiger partial charge in [-0.05, 0) is 6.42 Å². The Morgan fingerprint density at radius 1 is 1.44 bits per heavy atom. The molecule has 0 spiro atoms. The lowest BCUT2D eigenvalue weighted by Crippen LogP contribution is -2.27. The number of allylic oxidation sites excluding steroid dienone is 1. The van der Waals surface area contributed by atoms with Crippen molar-refractivity contribution in [3.05, 3.63) is 12.2 Å². The highest BCUT2D eigenvalue weighted by Gasteiger charge is 2.28. The standard InChI is InChI=1S/C12H20O4/c1-4-5-6-7-8-10(12(15)16-3)9(2)11(13)14/h7-10H,4-6H2,1-3H3,(H,13,14). The predicted octanol–water partition coefficient (Wildman–Crippen LogP) is 2.24. The summed E-state index contributed by atoms with van der Waals surface area (Å²) in [7, 11) is 1.27. The van der Waals surface area contributed by atoms with Gasteiger partial charge >= 0.3 is 11.9 Å². The van der Waals surface area contributed by atoms with Crippen molar-refractivity contribution in [3.63, 3.8) is 0 Å². The molecule has 0 amide bonds. The zero-order chi connectivity index (χ0) is 12.6. The van der Waals surface area contributed by atoms with Crippen molar-refractivity contribution < 1.29 is 19.4 Å². The molecule has 0 aromatic rings. The maximum atomic E-state index is 11.4. The maximum Gasteiger partial charge on any atom is 0.313 e. The number of hydrogen-bond donors (Lipinski definition) is 1. The van der Waals surface area contributed by atoms with Gasteiger partial charge < -0.3 is 9.84 Å². The molecule has 4 heteroatoms. The van der Waals surface area contributed by atoms with Crippen molar-refractivity contribution in [3.8, 4) is 0 Å². The number of esters is 1. The van der Waals surface area contributed by atoms with E-state index in [0.29, 0.717) is 0 Å². The van der Waals surface area contributed by atoms with E-state index >= 15 is 0 Å². The summed E-state index contributed by atoms with van der Waals surface area (Å²) in [5.74, 6) is -2.94. The van der Waals surface area contributed by atoms with E-state index in [1.807, 2.05) is 6.08 Å². The molecule has 92 valence electrons. The molecule has 0 radical (unpaired) electrons. The summed E-state index contributed by atoms with van der Waals surface area (Å²) >= 11 is 0. The number of carbonyl (C=O) groups excluding carboxylic acids is 1. The maximum absolute atomic E-state index is 11.4. The summed E-state index contributed by atoms with van der Waals surface area (Å²) in [6, 6.07) is 0. The van der Waals surface area contributed by atoms with Crippen LogP contribution in [0.5, 0.6) is 0 Å². The minimum Gasteiger partial charge on any atom is -0.481 e. The van der Waals surface area contributed by atoms with Gasteiger partial charge in [0, 0.05) is 0 Å². The number of methoxy groups -OCH3 is 1. The molecule has 0 rings (SSSR count). The van der Waals surface area contributed by atoms with E-state index < -0.39 is 23.8 Å². The lowest BCUT2D eigenvalue weighted by Gasteiger charge is -2.14. The van der Waals surface area contributed by atoms with Crippen LogP contribution >= 0.6 is 0 Å². The van der Waals surface area contributed by atoms with E-state index in [9.17, 15) is 9.59 Å². The van der Waals surface area contributed by atoms with Crippen LogP contribution in [-0.4, -0.2) is 24.2 Å². The lowest BCUT2D eigenvalue weighted by molar-refractivity contribution is -0.153. The Kier molecular flexibility index (Phi) is 7.25. The second kappa shape index (κ2) is 7.91. The first-order chi connectivity index (χ1) is 7.54. The van der Waals surface area contributed by atoms with Crippen LogP contribution in [0.3, 0.4) is 0 Å². The number of carboxylic acids is 1. The summed E-state index contributed by atoms with van der Waals surface area (Å²) in [4.78, 5) is 22.2. The zero-order valence-electron chi connectivity index (χ0n) is 10.1. The molecule has 16 heavy (non-hydrogen) atoms. The van der Waals surface area contributed by atoms with Crippen LogP contribution in [-0.2, 0) is 14.3 Å². The molecule has 0 aliphatic rings. The normalized spacial score (nSPS) is 14.7. The highest BCUT2D eigenvalue weighted by atomic mass is 16.5. The van der Waals surface area contributed by atoms with Gasteiger partial charge in [-0.2, -0.15) is 0 Å². The van der Waals surface area contributed by atoms with Crippen molar-refractivity contribution in [1.29, 1.82) is 0 Å². The molecule has 0 saturated heterocycles. The predicted molar refractivity (Wildman–Crippen MR) is 61.0 cm³/mol. The first kappa shape index (κ1) is 14.7. The van der Waals surface area contributed by atoms with Crippen molar-refractivity contribution in [2.24, 2.45) is 11.8 Å². The second-order valence-corrected chi connectivity index (χ2v) is 3.75. The fourth-order valence-electron chi connectivity index (χ4n) is 1.30. The fraction of sp³-hybridized carbons (Fsp3) is 0.667. The minimum atomic E-state index is -0.990. The van der Waals surface area contributed by atoms with Crippen LogP contribution in [0, 0.1) is 11.8 Å². The summed E-state index contributed by atoms with van der Waals surface area (Å²) in [6.07, 6.45) is 6.45. The number of aliphatic carboxylic acids is 1. The van der Waals surface area contributed by atoms with E-state index in [-0.39, 0.29) is 0 Å². The Balaban J connectivity index is 4.49. The molecule has 0 bridgehead atoms. The van der Waals surface area contributed by atoms with Gasteiger partial charge in [0.15, 0.2) is 0 Å². The molecule has 4 nitrogen and oxygen atoms in total. The molecular formula is C12H20O4. The Labute approximate surface area is 96.3 Å². The third-order valence-corrected chi connectivity index (χ3v) is 2.47. The van der Waals surface area contributed by atoms with Crippen LogP contribution in [0.2, 0.25) is 0 Å².